The van der Waals surface area contributed by atoms with E-state index in [4.69, 9.17) is 9.72 Å². The first-order chi connectivity index (χ1) is 16.2. The Balaban J connectivity index is 1.89. The Labute approximate surface area is 202 Å². The predicted octanol–water partition coefficient (Wildman–Crippen LogP) is 4.68. The maximum Gasteiger partial charge on any atom is 0.251 e. The van der Waals surface area contributed by atoms with Gasteiger partial charge in [0.25, 0.3) is 5.91 Å². The van der Waals surface area contributed by atoms with Crippen molar-refractivity contribution in [1.29, 1.82) is 0 Å². The SMILES string of the molecule is COc1cccc(C(=O)NC(C)c2nc3ccccc3n2CC(=O)N(CC(C)C)CC(C)C)c1. The van der Waals surface area contributed by atoms with Gasteiger partial charge in [0.1, 0.15) is 18.1 Å². The highest BCUT2D eigenvalue weighted by Crippen LogP contribution is 2.22. The van der Waals surface area contributed by atoms with Crippen molar-refractivity contribution >= 4 is 22.8 Å². The van der Waals surface area contributed by atoms with Gasteiger partial charge in [-0.3, -0.25) is 9.59 Å². The minimum absolute atomic E-state index is 0.0538. The number of carbonyl (C=O) groups is 2. The third-order valence-corrected chi connectivity index (χ3v) is 5.57. The summed E-state index contributed by atoms with van der Waals surface area (Å²) in [5.41, 5.74) is 2.18. The highest BCUT2D eigenvalue weighted by Gasteiger charge is 2.23. The first-order valence-electron chi connectivity index (χ1n) is 11.9. The zero-order valence-electron chi connectivity index (χ0n) is 21.0. The van der Waals surface area contributed by atoms with E-state index in [1.807, 2.05) is 40.7 Å². The fraction of sp³-hybridized carbons (Fsp3) is 0.444. The third kappa shape index (κ3) is 6.16. The minimum Gasteiger partial charge on any atom is -0.497 e. The summed E-state index contributed by atoms with van der Waals surface area (Å²) in [6.07, 6.45) is 0. The number of nitrogens with zero attached hydrogens (tertiary/aromatic N) is 3. The van der Waals surface area contributed by atoms with E-state index in [9.17, 15) is 9.59 Å². The monoisotopic (exact) mass is 464 g/mol. The molecule has 34 heavy (non-hydrogen) atoms. The average molecular weight is 465 g/mol. The van der Waals surface area contributed by atoms with Gasteiger partial charge in [-0.25, -0.2) is 4.98 Å². The molecule has 1 aromatic heterocycles. The van der Waals surface area contributed by atoms with E-state index in [1.54, 1.807) is 31.4 Å². The second kappa shape index (κ2) is 11.2. The van der Waals surface area contributed by atoms with E-state index in [0.717, 1.165) is 11.0 Å². The standard InChI is InChI=1S/C27H36N4O3/c1-18(2)15-30(16-19(3)4)25(32)17-31-24-13-8-7-12-23(24)29-26(31)20(5)28-27(33)21-10-9-11-22(14-21)34-6/h7-14,18-20H,15-17H2,1-6H3,(H,28,33). The van der Waals surface area contributed by atoms with Crippen LogP contribution in [-0.2, 0) is 11.3 Å². The number of carbonyl (C=O) groups excluding carboxylic acids is 2. The number of methoxy groups -OCH3 is 1. The molecule has 0 fully saturated rings. The normalized spacial score (nSPS) is 12.2. The lowest BCUT2D eigenvalue weighted by atomic mass is 10.1. The largest absolute Gasteiger partial charge is 0.497 e. The van der Waals surface area contributed by atoms with E-state index in [1.165, 1.54) is 0 Å². The smallest absolute Gasteiger partial charge is 0.251 e. The van der Waals surface area contributed by atoms with E-state index in [-0.39, 0.29) is 18.4 Å². The van der Waals surface area contributed by atoms with E-state index in [2.05, 4.69) is 33.0 Å². The molecule has 182 valence electrons. The van der Waals surface area contributed by atoms with Crippen LogP contribution in [0.5, 0.6) is 5.75 Å². The number of imidazole rings is 1. The summed E-state index contributed by atoms with van der Waals surface area (Å²) in [4.78, 5) is 33.0. The van der Waals surface area contributed by atoms with Crippen LogP contribution in [-0.4, -0.2) is 46.5 Å². The van der Waals surface area contributed by atoms with Gasteiger partial charge in [-0.15, -0.1) is 0 Å². The lowest BCUT2D eigenvalue weighted by Gasteiger charge is -2.27. The second-order valence-corrected chi connectivity index (χ2v) is 9.56. The van der Waals surface area contributed by atoms with Gasteiger partial charge in [0, 0.05) is 18.7 Å². The van der Waals surface area contributed by atoms with Crippen LogP contribution >= 0.6 is 0 Å². The van der Waals surface area contributed by atoms with Crippen molar-refractivity contribution in [2.45, 2.75) is 47.2 Å². The Morgan fingerprint density at radius 1 is 1.00 bits per heavy atom. The van der Waals surface area contributed by atoms with Crippen molar-refractivity contribution < 1.29 is 14.3 Å². The number of para-hydroxylation sites is 2. The number of fused-ring (bicyclic) bond motifs is 1. The Hall–Kier alpha value is -3.35. The van der Waals surface area contributed by atoms with Crippen molar-refractivity contribution in [3.8, 4) is 5.75 Å². The second-order valence-electron chi connectivity index (χ2n) is 9.56. The molecule has 0 saturated heterocycles. The third-order valence-electron chi connectivity index (χ3n) is 5.57. The minimum atomic E-state index is -0.400. The summed E-state index contributed by atoms with van der Waals surface area (Å²) in [5, 5.41) is 3.03. The molecule has 0 aliphatic heterocycles. The van der Waals surface area contributed by atoms with Gasteiger partial charge in [0.2, 0.25) is 5.91 Å². The van der Waals surface area contributed by atoms with Crippen molar-refractivity contribution in [2.24, 2.45) is 11.8 Å². The summed E-state index contributed by atoms with van der Waals surface area (Å²) in [6, 6.07) is 14.4. The molecule has 1 unspecified atom stereocenters. The summed E-state index contributed by atoms with van der Waals surface area (Å²) in [6.45, 7) is 12.0. The molecule has 7 nitrogen and oxygen atoms in total. The molecule has 0 aliphatic carbocycles. The van der Waals surface area contributed by atoms with Crippen molar-refractivity contribution in [3.63, 3.8) is 0 Å². The number of benzene rings is 2. The van der Waals surface area contributed by atoms with Gasteiger partial charge in [0.05, 0.1) is 24.2 Å². The summed E-state index contributed by atoms with van der Waals surface area (Å²) < 4.78 is 7.17. The first-order valence-corrected chi connectivity index (χ1v) is 11.9. The lowest BCUT2D eigenvalue weighted by Crippen LogP contribution is -2.39. The highest BCUT2D eigenvalue weighted by molar-refractivity contribution is 5.94. The van der Waals surface area contributed by atoms with Gasteiger partial charge >= 0.3 is 0 Å². The van der Waals surface area contributed by atoms with Gasteiger partial charge in [-0.2, -0.15) is 0 Å². The molecule has 1 heterocycles. The van der Waals surface area contributed by atoms with Crippen molar-refractivity contribution in [2.75, 3.05) is 20.2 Å². The quantitative estimate of drug-likeness (QED) is 0.473. The molecule has 0 radical (unpaired) electrons. The number of nitrogens with one attached hydrogen (secondary N) is 1. The van der Waals surface area contributed by atoms with Crippen molar-refractivity contribution in [3.05, 3.63) is 59.9 Å². The maximum atomic E-state index is 13.4. The molecule has 1 atom stereocenters. The van der Waals surface area contributed by atoms with E-state index >= 15 is 0 Å². The average Bonchev–Trinajstić information content (AvgIpc) is 3.16. The maximum absolute atomic E-state index is 13.4. The number of amides is 2. The summed E-state index contributed by atoms with van der Waals surface area (Å²) in [7, 11) is 1.57. The van der Waals surface area contributed by atoms with Gasteiger partial charge in [0.15, 0.2) is 0 Å². The highest BCUT2D eigenvalue weighted by atomic mass is 16.5. The molecule has 7 heteroatoms. The van der Waals surface area contributed by atoms with Crippen molar-refractivity contribution in [1.82, 2.24) is 19.8 Å². The van der Waals surface area contributed by atoms with Crippen LogP contribution in [0.4, 0.5) is 0 Å². The van der Waals surface area contributed by atoms with Crippen LogP contribution in [0.25, 0.3) is 11.0 Å². The van der Waals surface area contributed by atoms with Gasteiger partial charge < -0.3 is 19.5 Å². The Morgan fingerprint density at radius 3 is 2.32 bits per heavy atom. The zero-order chi connectivity index (χ0) is 24.8. The molecule has 3 rings (SSSR count). The van der Waals surface area contributed by atoms with E-state index in [0.29, 0.717) is 42.1 Å². The molecule has 0 spiro atoms. The Kier molecular flexibility index (Phi) is 8.31. The number of hydrogen-bond donors (Lipinski definition) is 1. The Bertz CT molecular complexity index is 1130. The number of aromatic nitrogens is 2. The molecular formula is C27H36N4O3. The van der Waals surface area contributed by atoms with Crippen LogP contribution in [0.15, 0.2) is 48.5 Å². The summed E-state index contributed by atoms with van der Waals surface area (Å²) >= 11 is 0. The predicted molar refractivity (Wildman–Crippen MR) is 135 cm³/mol. The molecule has 0 saturated carbocycles. The molecule has 0 aliphatic rings. The molecule has 2 amide bonds. The molecule has 2 aromatic carbocycles. The topological polar surface area (TPSA) is 76.5 Å². The Morgan fingerprint density at radius 2 is 1.68 bits per heavy atom. The molecule has 0 bridgehead atoms. The fourth-order valence-electron chi connectivity index (χ4n) is 4.09. The molecular weight excluding hydrogens is 428 g/mol. The van der Waals surface area contributed by atoms with Crippen LogP contribution in [0.1, 0.15) is 56.8 Å². The van der Waals surface area contributed by atoms with E-state index < -0.39 is 6.04 Å². The molecule has 1 N–H and O–H groups in total. The van der Waals surface area contributed by atoms with Gasteiger partial charge in [-0.05, 0) is 49.1 Å². The fourth-order valence-corrected chi connectivity index (χ4v) is 4.09. The van der Waals surface area contributed by atoms with Crippen LogP contribution in [0, 0.1) is 11.8 Å². The van der Waals surface area contributed by atoms with Crippen LogP contribution < -0.4 is 10.1 Å². The van der Waals surface area contributed by atoms with Crippen LogP contribution in [0.2, 0.25) is 0 Å². The zero-order valence-corrected chi connectivity index (χ0v) is 21.0. The lowest BCUT2D eigenvalue weighted by molar-refractivity contribution is -0.132. The number of rotatable bonds is 10. The first kappa shape index (κ1) is 25.3. The van der Waals surface area contributed by atoms with Crippen LogP contribution in [0.3, 0.4) is 0 Å². The number of ether oxygens (including phenoxy) is 1. The van der Waals surface area contributed by atoms with Gasteiger partial charge in [-0.1, -0.05) is 45.9 Å². The number of hydrogen-bond acceptors (Lipinski definition) is 4. The summed E-state index contributed by atoms with van der Waals surface area (Å²) in [5.74, 6) is 1.86. The molecule has 3 aromatic rings.